The molecule has 0 saturated carbocycles. The normalized spacial score (nSPS) is 10.6. The predicted molar refractivity (Wildman–Crippen MR) is 117 cm³/mol. The minimum absolute atomic E-state index is 0.212. The van der Waals surface area contributed by atoms with E-state index in [1.165, 1.54) is 0 Å². The number of benzene rings is 2. The van der Waals surface area contributed by atoms with E-state index in [2.05, 4.69) is 16.0 Å². The number of hydrogen-bond donors (Lipinski definition) is 2. The van der Waals surface area contributed by atoms with Crippen LogP contribution in [0.3, 0.4) is 0 Å². The maximum atomic E-state index is 12.3. The largest absolute Gasteiger partial charge is 0.489 e. The molecular weight excluding hydrogens is 418 g/mol. The maximum absolute atomic E-state index is 12.3. The van der Waals surface area contributed by atoms with Gasteiger partial charge in [-0.1, -0.05) is 28.9 Å². The summed E-state index contributed by atoms with van der Waals surface area (Å²) in [5.74, 6) is 0.732. The fourth-order valence-electron chi connectivity index (χ4n) is 2.98. The van der Waals surface area contributed by atoms with Crippen LogP contribution in [0.1, 0.15) is 44.9 Å². The minimum Gasteiger partial charge on any atom is -0.489 e. The summed E-state index contributed by atoms with van der Waals surface area (Å²) < 4.78 is 10.8. The van der Waals surface area contributed by atoms with Crippen molar-refractivity contribution in [2.45, 2.75) is 40.2 Å². The second-order valence-electron chi connectivity index (χ2n) is 7.20. The third-order valence-corrected chi connectivity index (χ3v) is 5.27. The summed E-state index contributed by atoms with van der Waals surface area (Å²) in [6.45, 7) is 5.91. The van der Waals surface area contributed by atoms with Crippen LogP contribution in [0.5, 0.6) is 5.75 Å². The van der Waals surface area contributed by atoms with Gasteiger partial charge in [-0.2, -0.15) is 0 Å². The van der Waals surface area contributed by atoms with E-state index < -0.39 is 5.91 Å². The van der Waals surface area contributed by atoms with Crippen molar-refractivity contribution < 1.29 is 18.8 Å². The highest BCUT2D eigenvalue weighted by Gasteiger charge is 2.12. The molecule has 0 aliphatic heterocycles. The Labute approximate surface area is 185 Å². The molecule has 0 saturated heterocycles. The van der Waals surface area contributed by atoms with Crippen LogP contribution in [-0.4, -0.2) is 17.0 Å². The monoisotopic (exact) mass is 441 g/mol. The molecule has 0 aliphatic rings. The van der Waals surface area contributed by atoms with Crippen molar-refractivity contribution in [3.05, 3.63) is 81.2 Å². The van der Waals surface area contributed by atoms with Gasteiger partial charge in [0, 0.05) is 22.6 Å². The number of halogens is 1. The molecule has 1 aromatic heterocycles. The topological polar surface area (TPSA) is 93.5 Å². The average molecular weight is 442 g/mol. The third kappa shape index (κ3) is 6.08. The molecule has 0 atom stereocenters. The molecule has 7 nitrogen and oxygen atoms in total. The molecule has 3 rings (SSSR count). The quantitative estimate of drug-likeness (QED) is 0.535. The van der Waals surface area contributed by atoms with Crippen LogP contribution in [0.25, 0.3) is 0 Å². The summed E-state index contributed by atoms with van der Waals surface area (Å²) in [6, 6.07) is 12.4. The zero-order valence-corrected chi connectivity index (χ0v) is 18.4. The van der Waals surface area contributed by atoms with E-state index in [0.29, 0.717) is 29.4 Å². The fraction of sp³-hybridized carbons (Fsp3) is 0.261. The van der Waals surface area contributed by atoms with Crippen molar-refractivity contribution in [3.8, 4) is 5.75 Å². The van der Waals surface area contributed by atoms with Gasteiger partial charge in [0.1, 0.15) is 18.1 Å². The molecule has 0 bridgehead atoms. The van der Waals surface area contributed by atoms with Crippen LogP contribution in [0.2, 0.25) is 5.02 Å². The molecule has 0 fully saturated rings. The lowest BCUT2D eigenvalue weighted by Gasteiger charge is -2.09. The standard InChI is InChI=1S/C23H24ClN3O4/c1-14-12-19(8-10-21(14)24)30-13-17-4-6-18(7-5-17)23(29)26-25-22(28)11-9-20-15(2)27-31-16(20)3/h4-8,10,12H,9,11,13H2,1-3H3,(H,25,28)(H,26,29). The number of carbonyl (C=O) groups is 2. The van der Waals surface area contributed by atoms with Gasteiger partial charge in [0.05, 0.1) is 5.69 Å². The fourth-order valence-corrected chi connectivity index (χ4v) is 3.10. The second-order valence-corrected chi connectivity index (χ2v) is 7.61. The van der Waals surface area contributed by atoms with E-state index in [9.17, 15) is 9.59 Å². The van der Waals surface area contributed by atoms with Gasteiger partial charge in [-0.3, -0.25) is 20.4 Å². The SMILES string of the molecule is Cc1cc(OCc2ccc(C(=O)NNC(=O)CCc3c(C)noc3C)cc2)ccc1Cl. The van der Waals surface area contributed by atoms with Crippen LogP contribution >= 0.6 is 11.6 Å². The smallest absolute Gasteiger partial charge is 0.269 e. The molecule has 162 valence electrons. The van der Waals surface area contributed by atoms with Crippen molar-refractivity contribution in [1.29, 1.82) is 0 Å². The number of rotatable bonds is 7. The highest BCUT2D eigenvalue weighted by molar-refractivity contribution is 6.31. The molecule has 2 amide bonds. The predicted octanol–water partition coefficient (Wildman–Crippen LogP) is 4.23. The van der Waals surface area contributed by atoms with Crippen LogP contribution in [0.4, 0.5) is 0 Å². The van der Waals surface area contributed by atoms with Gasteiger partial charge in [0.2, 0.25) is 5.91 Å². The van der Waals surface area contributed by atoms with Crippen LogP contribution < -0.4 is 15.6 Å². The third-order valence-electron chi connectivity index (χ3n) is 4.85. The minimum atomic E-state index is -0.397. The molecular formula is C23H24ClN3O4. The van der Waals surface area contributed by atoms with Crippen molar-refractivity contribution in [2.24, 2.45) is 0 Å². The van der Waals surface area contributed by atoms with Crippen LogP contribution in [0.15, 0.2) is 47.0 Å². The van der Waals surface area contributed by atoms with Crippen molar-refractivity contribution in [3.63, 3.8) is 0 Å². The summed E-state index contributed by atoms with van der Waals surface area (Å²) in [6.07, 6.45) is 0.703. The first-order chi connectivity index (χ1) is 14.8. The van der Waals surface area contributed by atoms with Crippen LogP contribution in [-0.2, 0) is 17.8 Å². The molecule has 3 aromatic rings. The Morgan fingerprint density at radius 1 is 1.06 bits per heavy atom. The van der Waals surface area contributed by atoms with Crippen molar-refractivity contribution >= 4 is 23.4 Å². The van der Waals surface area contributed by atoms with E-state index >= 15 is 0 Å². The first-order valence-electron chi connectivity index (χ1n) is 9.82. The number of hydrazine groups is 1. The van der Waals surface area contributed by atoms with E-state index in [0.717, 1.165) is 28.1 Å². The Morgan fingerprint density at radius 2 is 1.81 bits per heavy atom. The van der Waals surface area contributed by atoms with Gasteiger partial charge in [0.25, 0.3) is 5.91 Å². The summed E-state index contributed by atoms with van der Waals surface area (Å²) in [5, 5.41) is 4.56. The highest BCUT2D eigenvalue weighted by Crippen LogP contribution is 2.22. The zero-order chi connectivity index (χ0) is 22.4. The number of aryl methyl sites for hydroxylation is 3. The van der Waals surface area contributed by atoms with Gasteiger partial charge < -0.3 is 9.26 Å². The molecule has 2 aromatic carbocycles. The van der Waals surface area contributed by atoms with Gasteiger partial charge in [-0.15, -0.1) is 0 Å². The van der Waals surface area contributed by atoms with Crippen molar-refractivity contribution in [1.82, 2.24) is 16.0 Å². The van der Waals surface area contributed by atoms with E-state index in [1.807, 2.05) is 26.0 Å². The molecule has 1 heterocycles. The number of ether oxygens (including phenoxy) is 1. The Morgan fingerprint density at radius 3 is 2.45 bits per heavy atom. The number of hydrogen-bond acceptors (Lipinski definition) is 5. The summed E-state index contributed by atoms with van der Waals surface area (Å²) in [5.41, 5.74) is 8.81. The number of aromatic nitrogens is 1. The lowest BCUT2D eigenvalue weighted by molar-refractivity contribution is -0.121. The average Bonchev–Trinajstić information content (AvgIpc) is 3.09. The Kier molecular flexibility index (Phi) is 7.31. The second kappa shape index (κ2) is 10.1. The Hall–Kier alpha value is -3.32. The first kappa shape index (κ1) is 22.4. The molecule has 0 radical (unpaired) electrons. The number of amides is 2. The van der Waals surface area contributed by atoms with E-state index in [-0.39, 0.29) is 12.3 Å². The number of carbonyl (C=O) groups excluding carboxylic acids is 2. The van der Waals surface area contributed by atoms with E-state index in [4.69, 9.17) is 20.9 Å². The molecule has 0 unspecified atom stereocenters. The lowest BCUT2D eigenvalue weighted by Crippen LogP contribution is -2.41. The summed E-state index contributed by atoms with van der Waals surface area (Å²) in [4.78, 5) is 24.3. The molecule has 31 heavy (non-hydrogen) atoms. The van der Waals surface area contributed by atoms with Crippen LogP contribution in [0, 0.1) is 20.8 Å². The highest BCUT2D eigenvalue weighted by atomic mass is 35.5. The number of nitrogens with one attached hydrogen (secondary N) is 2. The van der Waals surface area contributed by atoms with Gasteiger partial charge in [0.15, 0.2) is 0 Å². The van der Waals surface area contributed by atoms with E-state index in [1.54, 1.807) is 37.3 Å². The Balaban J connectivity index is 1.45. The Bertz CT molecular complexity index is 1060. The summed E-state index contributed by atoms with van der Waals surface area (Å²) in [7, 11) is 0. The van der Waals surface area contributed by atoms with Gasteiger partial charge >= 0.3 is 0 Å². The first-order valence-corrected chi connectivity index (χ1v) is 10.2. The summed E-state index contributed by atoms with van der Waals surface area (Å²) >= 11 is 6.02. The number of nitrogens with zero attached hydrogens (tertiary/aromatic N) is 1. The molecule has 8 heteroatoms. The molecule has 0 spiro atoms. The molecule has 0 aliphatic carbocycles. The lowest BCUT2D eigenvalue weighted by atomic mass is 10.1. The van der Waals surface area contributed by atoms with Gasteiger partial charge in [-0.25, -0.2) is 0 Å². The zero-order valence-electron chi connectivity index (χ0n) is 17.6. The molecule has 2 N–H and O–H groups in total. The van der Waals surface area contributed by atoms with Crippen molar-refractivity contribution in [2.75, 3.05) is 0 Å². The maximum Gasteiger partial charge on any atom is 0.269 e. The van der Waals surface area contributed by atoms with Gasteiger partial charge in [-0.05, 0) is 68.7 Å².